The lowest BCUT2D eigenvalue weighted by Gasteiger charge is -2.09. The van der Waals surface area contributed by atoms with Gasteiger partial charge >= 0.3 is 6.18 Å². The van der Waals surface area contributed by atoms with Gasteiger partial charge < -0.3 is 10.1 Å². The van der Waals surface area contributed by atoms with Gasteiger partial charge in [-0.05, 0) is 39.2 Å². The molecule has 0 aliphatic heterocycles. The highest BCUT2D eigenvalue weighted by Gasteiger charge is 2.37. The maximum Gasteiger partial charge on any atom is 0.435 e. The van der Waals surface area contributed by atoms with E-state index in [0.717, 1.165) is 18.9 Å². The normalized spacial score (nSPS) is 15.1. The quantitative estimate of drug-likeness (QED) is 0.699. The van der Waals surface area contributed by atoms with E-state index in [4.69, 9.17) is 4.74 Å². The minimum absolute atomic E-state index is 0.115. The molecule has 2 rings (SSSR count). The number of hydrogen-bond donors (Lipinski definition) is 1. The van der Waals surface area contributed by atoms with Crippen LogP contribution in [0.25, 0.3) is 0 Å². The number of aromatic nitrogens is 2. The van der Waals surface area contributed by atoms with E-state index in [-0.39, 0.29) is 30.9 Å². The van der Waals surface area contributed by atoms with Crippen molar-refractivity contribution in [1.82, 2.24) is 15.1 Å². The van der Waals surface area contributed by atoms with Crippen LogP contribution in [0.4, 0.5) is 13.2 Å². The molecule has 1 heterocycles. The van der Waals surface area contributed by atoms with Crippen molar-refractivity contribution in [2.24, 2.45) is 0 Å². The van der Waals surface area contributed by atoms with Crippen LogP contribution in [0.1, 0.15) is 56.8 Å². The summed E-state index contributed by atoms with van der Waals surface area (Å²) in [5.74, 6) is -0.0461. The number of rotatable bonds is 9. The summed E-state index contributed by atoms with van der Waals surface area (Å²) in [6, 6.07) is 1.11. The Bertz CT molecular complexity index is 551. The van der Waals surface area contributed by atoms with Crippen LogP contribution in [0.5, 0.6) is 0 Å². The molecule has 1 aliphatic rings. The smallest absolute Gasteiger partial charge is 0.379 e. The number of carbonyl (C=O) groups is 1. The van der Waals surface area contributed by atoms with Crippen LogP contribution in [-0.4, -0.2) is 34.9 Å². The van der Waals surface area contributed by atoms with Gasteiger partial charge in [-0.25, -0.2) is 0 Å². The molecule has 1 saturated carbocycles. The first-order valence-corrected chi connectivity index (χ1v) is 8.30. The Hall–Kier alpha value is -1.57. The van der Waals surface area contributed by atoms with Crippen molar-refractivity contribution < 1.29 is 22.7 Å². The van der Waals surface area contributed by atoms with Crippen molar-refractivity contribution in [2.75, 3.05) is 13.2 Å². The summed E-state index contributed by atoms with van der Waals surface area (Å²) in [7, 11) is 0. The van der Waals surface area contributed by atoms with Crippen molar-refractivity contribution in [3.05, 3.63) is 17.5 Å². The van der Waals surface area contributed by atoms with Gasteiger partial charge in [0.05, 0.1) is 6.10 Å². The van der Waals surface area contributed by atoms with Gasteiger partial charge in [0.25, 0.3) is 0 Å². The number of amides is 1. The molecule has 0 unspecified atom stereocenters. The van der Waals surface area contributed by atoms with E-state index < -0.39 is 11.9 Å². The van der Waals surface area contributed by atoms with Gasteiger partial charge in [0.2, 0.25) is 5.91 Å². The topological polar surface area (TPSA) is 56.1 Å². The second-order valence-electron chi connectivity index (χ2n) is 6.32. The van der Waals surface area contributed by atoms with Crippen LogP contribution in [0.3, 0.4) is 0 Å². The lowest BCUT2D eigenvalue weighted by atomic mass is 10.2. The van der Waals surface area contributed by atoms with Crippen molar-refractivity contribution in [3.63, 3.8) is 0 Å². The molecule has 0 spiro atoms. The first-order chi connectivity index (χ1) is 11.3. The minimum atomic E-state index is -4.45. The third kappa shape index (κ3) is 5.81. The lowest BCUT2D eigenvalue weighted by Crippen LogP contribution is -2.26. The molecule has 136 valence electrons. The fourth-order valence-corrected chi connectivity index (χ4v) is 2.37. The van der Waals surface area contributed by atoms with Crippen LogP contribution in [0.2, 0.25) is 0 Å². The molecule has 24 heavy (non-hydrogen) atoms. The zero-order valence-corrected chi connectivity index (χ0v) is 14.0. The summed E-state index contributed by atoms with van der Waals surface area (Å²) in [5, 5.41) is 6.38. The van der Waals surface area contributed by atoms with Crippen molar-refractivity contribution in [3.8, 4) is 0 Å². The molecule has 1 N–H and O–H groups in total. The molecular weight excluding hydrogens is 323 g/mol. The molecule has 5 nitrogen and oxygen atoms in total. The Kier molecular flexibility index (Phi) is 6.26. The fourth-order valence-electron chi connectivity index (χ4n) is 2.37. The van der Waals surface area contributed by atoms with E-state index in [0.29, 0.717) is 25.3 Å². The minimum Gasteiger partial charge on any atom is -0.379 e. The number of alkyl halides is 3. The molecular formula is C16H24F3N3O2. The zero-order chi connectivity index (χ0) is 17.7. The zero-order valence-electron chi connectivity index (χ0n) is 14.0. The summed E-state index contributed by atoms with van der Waals surface area (Å²) >= 11 is 0. The molecule has 0 atom stereocenters. The highest BCUT2D eigenvalue weighted by Crippen LogP contribution is 2.42. The number of nitrogens with zero attached hydrogens (tertiary/aromatic N) is 2. The first kappa shape index (κ1) is 18.8. The van der Waals surface area contributed by atoms with Gasteiger partial charge in [0.15, 0.2) is 5.69 Å². The Labute approximate surface area is 139 Å². The van der Waals surface area contributed by atoms with Crippen molar-refractivity contribution in [2.45, 2.75) is 64.3 Å². The van der Waals surface area contributed by atoms with Crippen LogP contribution in [0, 0.1) is 0 Å². The SMILES string of the molecule is CC(C)OCCCNC(=O)CCn1nc(C(F)(F)F)cc1C1CC1. The van der Waals surface area contributed by atoms with Crippen LogP contribution in [-0.2, 0) is 22.3 Å². The fraction of sp³-hybridized carbons (Fsp3) is 0.750. The highest BCUT2D eigenvalue weighted by molar-refractivity contribution is 5.75. The van der Waals surface area contributed by atoms with Gasteiger partial charge in [0.1, 0.15) is 0 Å². The second kappa shape index (κ2) is 8.00. The van der Waals surface area contributed by atoms with Crippen molar-refractivity contribution in [1.29, 1.82) is 0 Å². The number of hydrogen-bond acceptors (Lipinski definition) is 3. The van der Waals surface area contributed by atoms with E-state index in [9.17, 15) is 18.0 Å². The van der Waals surface area contributed by atoms with E-state index in [2.05, 4.69) is 10.4 Å². The van der Waals surface area contributed by atoms with Gasteiger partial charge in [0, 0.05) is 37.7 Å². The third-order valence-corrected chi connectivity index (χ3v) is 3.74. The summed E-state index contributed by atoms with van der Waals surface area (Å²) in [6.07, 6.45) is -1.71. The Morgan fingerprint density at radius 1 is 1.46 bits per heavy atom. The molecule has 1 aromatic heterocycles. The summed E-state index contributed by atoms with van der Waals surface area (Å²) < 4.78 is 45.1. The number of aryl methyl sites for hydroxylation is 1. The third-order valence-electron chi connectivity index (χ3n) is 3.74. The molecule has 0 bridgehead atoms. The maximum atomic E-state index is 12.8. The molecule has 0 saturated heterocycles. The van der Waals surface area contributed by atoms with Gasteiger partial charge in [-0.1, -0.05) is 0 Å². The Balaban J connectivity index is 1.79. The lowest BCUT2D eigenvalue weighted by molar-refractivity contribution is -0.141. The van der Waals surface area contributed by atoms with E-state index >= 15 is 0 Å². The van der Waals surface area contributed by atoms with E-state index in [1.165, 1.54) is 4.68 Å². The molecule has 8 heteroatoms. The standard InChI is InChI=1S/C16H24F3N3O2/c1-11(2)24-9-3-7-20-15(23)6-8-22-13(12-4-5-12)10-14(21-22)16(17,18)19/h10-12H,3-9H2,1-2H3,(H,20,23). The monoisotopic (exact) mass is 347 g/mol. The van der Waals surface area contributed by atoms with E-state index in [1.807, 2.05) is 13.8 Å². The number of ether oxygens (including phenoxy) is 1. The van der Waals surface area contributed by atoms with Crippen LogP contribution in [0.15, 0.2) is 6.07 Å². The van der Waals surface area contributed by atoms with Crippen LogP contribution >= 0.6 is 0 Å². The first-order valence-electron chi connectivity index (χ1n) is 8.30. The van der Waals surface area contributed by atoms with E-state index in [1.54, 1.807) is 0 Å². The molecule has 0 aromatic carbocycles. The van der Waals surface area contributed by atoms with Crippen molar-refractivity contribution >= 4 is 5.91 Å². The van der Waals surface area contributed by atoms with Crippen LogP contribution < -0.4 is 5.32 Å². The molecule has 1 aromatic rings. The average Bonchev–Trinajstić information content (AvgIpc) is 3.22. The summed E-state index contributed by atoms with van der Waals surface area (Å²) in [5.41, 5.74) is -0.295. The average molecular weight is 347 g/mol. The molecule has 0 radical (unpaired) electrons. The summed E-state index contributed by atoms with van der Waals surface area (Å²) in [6.45, 7) is 5.10. The molecule has 1 fully saturated rings. The Morgan fingerprint density at radius 2 is 2.17 bits per heavy atom. The number of halogens is 3. The Morgan fingerprint density at radius 3 is 2.75 bits per heavy atom. The molecule has 1 amide bonds. The highest BCUT2D eigenvalue weighted by atomic mass is 19.4. The number of carbonyl (C=O) groups excluding carboxylic acids is 1. The molecule has 1 aliphatic carbocycles. The van der Waals surface area contributed by atoms with Gasteiger partial charge in [-0.15, -0.1) is 0 Å². The largest absolute Gasteiger partial charge is 0.435 e. The van der Waals surface area contributed by atoms with Gasteiger partial charge in [-0.3, -0.25) is 9.48 Å². The maximum absolute atomic E-state index is 12.8. The predicted octanol–water partition coefficient (Wildman–Crippen LogP) is 3.10. The predicted molar refractivity (Wildman–Crippen MR) is 82.5 cm³/mol. The van der Waals surface area contributed by atoms with Gasteiger partial charge in [-0.2, -0.15) is 18.3 Å². The second-order valence-corrected chi connectivity index (χ2v) is 6.32. The number of nitrogens with one attached hydrogen (secondary N) is 1. The summed E-state index contributed by atoms with van der Waals surface area (Å²) in [4.78, 5) is 11.8.